The van der Waals surface area contributed by atoms with Crippen LogP contribution in [-0.2, 0) is 11.2 Å². The molecule has 0 fully saturated rings. The number of furan rings is 1. The van der Waals surface area contributed by atoms with E-state index in [1.165, 1.54) is 0 Å². The van der Waals surface area contributed by atoms with Gasteiger partial charge in [-0.1, -0.05) is 0 Å². The highest BCUT2D eigenvalue weighted by Gasteiger charge is 1.98. The Balaban J connectivity index is 2.06. The van der Waals surface area contributed by atoms with Crippen molar-refractivity contribution in [3.8, 4) is 0 Å². The fraction of sp³-hybridized carbons (Fsp3) is 0.615. The molecule has 1 aromatic rings. The first-order chi connectivity index (χ1) is 8.86. The maximum atomic E-state index is 5.27. The van der Waals surface area contributed by atoms with E-state index in [2.05, 4.69) is 15.6 Å². The van der Waals surface area contributed by atoms with Crippen LogP contribution in [0.25, 0.3) is 0 Å². The lowest BCUT2D eigenvalue weighted by atomic mass is 10.3. The summed E-state index contributed by atoms with van der Waals surface area (Å²) < 4.78 is 10.5. The summed E-state index contributed by atoms with van der Waals surface area (Å²) in [5.41, 5.74) is 0. The third kappa shape index (κ3) is 6.30. The van der Waals surface area contributed by atoms with Crippen molar-refractivity contribution in [2.75, 3.05) is 33.4 Å². The molecule has 0 unspecified atom stereocenters. The predicted octanol–water partition coefficient (Wildman–Crippen LogP) is 1.41. The van der Waals surface area contributed by atoms with E-state index in [9.17, 15) is 0 Å². The van der Waals surface area contributed by atoms with E-state index in [-0.39, 0.29) is 0 Å². The van der Waals surface area contributed by atoms with Crippen LogP contribution in [0.1, 0.15) is 19.1 Å². The first kappa shape index (κ1) is 14.6. The summed E-state index contributed by atoms with van der Waals surface area (Å²) in [5, 5.41) is 6.47. The zero-order valence-corrected chi connectivity index (χ0v) is 11.2. The molecule has 0 amide bonds. The van der Waals surface area contributed by atoms with E-state index >= 15 is 0 Å². The van der Waals surface area contributed by atoms with E-state index in [1.54, 1.807) is 13.3 Å². The van der Waals surface area contributed by atoms with Gasteiger partial charge in [0.2, 0.25) is 0 Å². The molecule has 0 aliphatic rings. The molecule has 0 saturated carbocycles. The molecule has 0 aliphatic carbocycles. The molecule has 0 aliphatic heterocycles. The van der Waals surface area contributed by atoms with Gasteiger partial charge in [0.15, 0.2) is 5.96 Å². The van der Waals surface area contributed by atoms with Crippen LogP contribution in [0.15, 0.2) is 27.8 Å². The molecule has 0 atom stereocenters. The molecule has 102 valence electrons. The summed E-state index contributed by atoms with van der Waals surface area (Å²) in [6.45, 7) is 5.23. The highest BCUT2D eigenvalue weighted by atomic mass is 16.5. The number of nitrogens with zero attached hydrogens (tertiary/aromatic N) is 1. The standard InChI is InChI=1S/C13H23N3O2/c1-3-17-10-5-8-15-13(14-2)16-9-7-12-6-4-11-18-12/h4,6,11H,3,5,7-10H2,1-2H3,(H2,14,15,16). The molecule has 0 saturated heterocycles. The Morgan fingerprint density at radius 3 is 2.89 bits per heavy atom. The van der Waals surface area contributed by atoms with Gasteiger partial charge < -0.3 is 19.8 Å². The molecule has 5 nitrogen and oxygen atoms in total. The number of hydrogen-bond donors (Lipinski definition) is 2. The van der Waals surface area contributed by atoms with Crippen molar-refractivity contribution >= 4 is 5.96 Å². The maximum absolute atomic E-state index is 5.27. The number of rotatable bonds is 8. The fourth-order valence-electron chi connectivity index (χ4n) is 1.50. The number of guanidine groups is 1. The summed E-state index contributed by atoms with van der Waals surface area (Å²) in [6.07, 6.45) is 3.52. The van der Waals surface area contributed by atoms with Gasteiger partial charge in [0.25, 0.3) is 0 Å². The van der Waals surface area contributed by atoms with Crippen LogP contribution in [0.3, 0.4) is 0 Å². The summed E-state index contributed by atoms with van der Waals surface area (Å²) >= 11 is 0. The van der Waals surface area contributed by atoms with Gasteiger partial charge in [0.05, 0.1) is 6.26 Å². The lowest BCUT2D eigenvalue weighted by molar-refractivity contribution is 0.145. The second-order valence-electron chi connectivity index (χ2n) is 3.81. The summed E-state index contributed by atoms with van der Waals surface area (Å²) in [5.74, 6) is 1.80. The number of nitrogens with one attached hydrogen (secondary N) is 2. The van der Waals surface area contributed by atoms with E-state index in [4.69, 9.17) is 9.15 Å². The zero-order valence-electron chi connectivity index (χ0n) is 11.2. The third-order valence-corrected chi connectivity index (χ3v) is 2.43. The quantitative estimate of drug-likeness (QED) is 0.418. The lowest BCUT2D eigenvalue weighted by Crippen LogP contribution is -2.38. The zero-order chi connectivity index (χ0) is 13.1. The van der Waals surface area contributed by atoms with Crippen molar-refractivity contribution in [1.29, 1.82) is 0 Å². The molecule has 0 radical (unpaired) electrons. The molecule has 1 aromatic heterocycles. The van der Waals surface area contributed by atoms with Gasteiger partial charge in [-0.05, 0) is 25.5 Å². The third-order valence-electron chi connectivity index (χ3n) is 2.43. The first-order valence-electron chi connectivity index (χ1n) is 6.41. The van der Waals surface area contributed by atoms with Crippen molar-refractivity contribution < 1.29 is 9.15 Å². The molecule has 0 spiro atoms. The van der Waals surface area contributed by atoms with E-state index in [0.717, 1.165) is 50.9 Å². The van der Waals surface area contributed by atoms with Gasteiger partial charge in [-0.2, -0.15) is 0 Å². The maximum Gasteiger partial charge on any atom is 0.190 e. The Hall–Kier alpha value is -1.49. The van der Waals surface area contributed by atoms with Crippen molar-refractivity contribution in [2.24, 2.45) is 4.99 Å². The SMILES string of the molecule is CCOCCCNC(=NC)NCCc1ccco1. The summed E-state index contributed by atoms with van der Waals surface area (Å²) in [6, 6.07) is 3.87. The Kier molecular flexibility index (Phi) is 7.72. The molecule has 2 N–H and O–H groups in total. The van der Waals surface area contributed by atoms with E-state index < -0.39 is 0 Å². The van der Waals surface area contributed by atoms with Gasteiger partial charge in [0, 0.05) is 39.8 Å². The predicted molar refractivity (Wildman–Crippen MR) is 72.9 cm³/mol. The number of aliphatic imine (C=N–C) groups is 1. The fourth-order valence-corrected chi connectivity index (χ4v) is 1.50. The molecular weight excluding hydrogens is 230 g/mol. The van der Waals surface area contributed by atoms with Crippen LogP contribution in [0, 0.1) is 0 Å². The van der Waals surface area contributed by atoms with Crippen molar-refractivity contribution in [3.63, 3.8) is 0 Å². The summed E-state index contributed by atoms with van der Waals surface area (Å²) in [7, 11) is 1.77. The van der Waals surface area contributed by atoms with Crippen LogP contribution in [-0.4, -0.2) is 39.3 Å². The van der Waals surface area contributed by atoms with Gasteiger partial charge in [-0.25, -0.2) is 0 Å². The van der Waals surface area contributed by atoms with Crippen molar-refractivity contribution in [2.45, 2.75) is 19.8 Å². The summed E-state index contributed by atoms with van der Waals surface area (Å²) in [4.78, 5) is 4.15. The highest BCUT2D eigenvalue weighted by Crippen LogP contribution is 1.99. The average Bonchev–Trinajstić information content (AvgIpc) is 2.89. The Morgan fingerprint density at radius 1 is 1.39 bits per heavy atom. The number of ether oxygens (including phenoxy) is 1. The minimum absolute atomic E-state index is 0.774. The highest BCUT2D eigenvalue weighted by molar-refractivity contribution is 5.79. The molecular formula is C13H23N3O2. The van der Waals surface area contributed by atoms with Crippen LogP contribution in [0.4, 0.5) is 0 Å². The normalized spacial score (nSPS) is 11.6. The first-order valence-corrected chi connectivity index (χ1v) is 6.41. The Bertz CT molecular complexity index is 323. The van der Waals surface area contributed by atoms with Gasteiger partial charge in [-0.15, -0.1) is 0 Å². The van der Waals surface area contributed by atoms with Crippen LogP contribution in [0.2, 0.25) is 0 Å². The second-order valence-corrected chi connectivity index (χ2v) is 3.81. The van der Waals surface area contributed by atoms with E-state index in [0.29, 0.717) is 0 Å². The topological polar surface area (TPSA) is 58.8 Å². The minimum atomic E-state index is 0.774. The molecule has 0 bridgehead atoms. The molecule has 0 aromatic carbocycles. The Morgan fingerprint density at radius 2 is 2.22 bits per heavy atom. The molecule has 5 heteroatoms. The minimum Gasteiger partial charge on any atom is -0.469 e. The van der Waals surface area contributed by atoms with Crippen LogP contribution in [0.5, 0.6) is 0 Å². The molecule has 18 heavy (non-hydrogen) atoms. The van der Waals surface area contributed by atoms with Gasteiger partial charge >= 0.3 is 0 Å². The molecule has 1 rings (SSSR count). The van der Waals surface area contributed by atoms with Crippen LogP contribution >= 0.6 is 0 Å². The monoisotopic (exact) mass is 253 g/mol. The smallest absolute Gasteiger partial charge is 0.190 e. The van der Waals surface area contributed by atoms with Gasteiger partial charge in [-0.3, -0.25) is 4.99 Å². The number of hydrogen-bond acceptors (Lipinski definition) is 3. The van der Waals surface area contributed by atoms with Gasteiger partial charge in [0.1, 0.15) is 5.76 Å². The van der Waals surface area contributed by atoms with Crippen molar-refractivity contribution in [1.82, 2.24) is 10.6 Å². The van der Waals surface area contributed by atoms with Crippen molar-refractivity contribution in [3.05, 3.63) is 24.2 Å². The lowest BCUT2D eigenvalue weighted by Gasteiger charge is -2.11. The van der Waals surface area contributed by atoms with E-state index in [1.807, 2.05) is 19.1 Å². The largest absolute Gasteiger partial charge is 0.469 e. The second kappa shape index (κ2) is 9.53. The molecule has 1 heterocycles. The average molecular weight is 253 g/mol. The van der Waals surface area contributed by atoms with Crippen LogP contribution < -0.4 is 10.6 Å². The Labute approximate surface area is 109 Å².